The number of halogens is 1. The lowest BCUT2D eigenvalue weighted by Gasteiger charge is -2.32. The molecule has 1 aromatic rings. The minimum Gasteiger partial charge on any atom is -0.370 e. The maximum atomic E-state index is 12.6. The molecule has 1 fully saturated rings. The number of hydrogen-bond donors (Lipinski definition) is 2. The van der Waals surface area contributed by atoms with E-state index in [0.717, 1.165) is 23.9 Å². The average molecular weight is 354 g/mol. The van der Waals surface area contributed by atoms with Gasteiger partial charge in [0, 0.05) is 23.3 Å². The van der Waals surface area contributed by atoms with Gasteiger partial charge in [0.1, 0.15) is 5.82 Å². The van der Waals surface area contributed by atoms with Crippen LogP contribution in [0.25, 0.3) is 0 Å². The van der Waals surface area contributed by atoms with Crippen LogP contribution in [0.1, 0.15) is 50.4 Å². The highest BCUT2D eigenvalue weighted by Gasteiger charge is 2.26. The van der Waals surface area contributed by atoms with E-state index in [4.69, 9.17) is 0 Å². The van der Waals surface area contributed by atoms with Crippen LogP contribution in [0.4, 0.5) is 5.82 Å². The summed E-state index contributed by atoms with van der Waals surface area (Å²) in [6.45, 7) is 7.27. The van der Waals surface area contributed by atoms with Crippen LogP contribution in [-0.4, -0.2) is 23.5 Å². The van der Waals surface area contributed by atoms with Crippen LogP contribution in [0, 0.1) is 11.8 Å². The molecule has 0 aliphatic heterocycles. The lowest BCUT2D eigenvalue weighted by atomic mass is 9.80. The molecule has 2 N–H and O–H groups in total. The van der Waals surface area contributed by atoms with E-state index in [1.807, 2.05) is 13.0 Å². The number of carbonyl (C=O) groups excluding carboxylic acids is 1. The molecule has 1 heterocycles. The Morgan fingerprint density at radius 1 is 1.33 bits per heavy atom. The summed E-state index contributed by atoms with van der Waals surface area (Å²) in [5.41, 5.74) is 0.608. The molecule has 1 amide bonds. The zero-order valence-electron chi connectivity index (χ0n) is 12.9. The summed E-state index contributed by atoms with van der Waals surface area (Å²) in [5, 5.41) is 6.33. The number of nitrogens with one attached hydrogen (secondary N) is 2. The molecule has 0 radical (unpaired) electrons. The molecule has 116 valence electrons. The van der Waals surface area contributed by atoms with Gasteiger partial charge in [-0.05, 0) is 60.0 Å². The van der Waals surface area contributed by atoms with Crippen LogP contribution < -0.4 is 10.6 Å². The number of amides is 1. The van der Waals surface area contributed by atoms with E-state index >= 15 is 0 Å². The van der Waals surface area contributed by atoms with Gasteiger partial charge < -0.3 is 10.6 Å². The van der Waals surface area contributed by atoms with Crippen LogP contribution in [0.15, 0.2) is 16.7 Å². The summed E-state index contributed by atoms with van der Waals surface area (Å²) in [4.78, 5) is 16.9. The first-order chi connectivity index (χ1) is 9.99. The number of anilines is 1. The minimum absolute atomic E-state index is 0.0361. The summed E-state index contributed by atoms with van der Waals surface area (Å²) in [6.07, 6.45) is 5.09. The van der Waals surface area contributed by atoms with Gasteiger partial charge in [0.05, 0.1) is 5.56 Å². The molecule has 0 aromatic carbocycles. The quantitative estimate of drug-likeness (QED) is 0.864. The molecule has 2 unspecified atom stereocenters. The van der Waals surface area contributed by atoms with Crippen molar-refractivity contribution in [3.05, 3.63) is 22.3 Å². The molecule has 2 rings (SSSR count). The molecule has 0 bridgehead atoms. The first-order valence-electron chi connectivity index (χ1n) is 7.69. The number of aromatic nitrogens is 1. The van der Waals surface area contributed by atoms with Gasteiger partial charge in [-0.25, -0.2) is 4.98 Å². The van der Waals surface area contributed by atoms with Gasteiger partial charge >= 0.3 is 0 Å². The van der Waals surface area contributed by atoms with Crippen molar-refractivity contribution >= 4 is 27.7 Å². The van der Waals surface area contributed by atoms with E-state index < -0.39 is 0 Å². The van der Waals surface area contributed by atoms with Gasteiger partial charge in [-0.15, -0.1) is 0 Å². The molecule has 1 aliphatic rings. The fourth-order valence-corrected chi connectivity index (χ4v) is 3.58. The highest BCUT2D eigenvalue weighted by Crippen LogP contribution is 2.29. The SMILES string of the molecule is CCNc1ncc(Br)cc1C(=O)NC1CC(C)CC(C)C1. The maximum Gasteiger partial charge on any atom is 0.255 e. The van der Waals surface area contributed by atoms with Crippen molar-refractivity contribution in [2.45, 2.75) is 46.1 Å². The zero-order chi connectivity index (χ0) is 15.4. The van der Waals surface area contributed by atoms with Gasteiger partial charge in [-0.1, -0.05) is 13.8 Å². The van der Waals surface area contributed by atoms with Crippen LogP contribution in [0.2, 0.25) is 0 Å². The van der Waals surface area contributed by atoms with Crippen LogP contribution in [0.3, 0.4) is 0 Å². The van der Waals surface area contributed by atoms with Gasteiger partial charge in [0.25, 0.3) is 5.91 Å². The standard InChI is InChI=1S/C16H24BrN3O/c1-4-18-15-14(8-12(17)9-19-15)16(21)20-13-6-10(2)5-11(3)7-13/h8-11,13H,4-7H2,1-3H3,(H,18,19)(H,20,21). The topological polar surface area (TPSA) is 54.0 Å². The number of hydrogen-bond acceptors (Lipinski definition) is 3. The number of nitrogens with zero attached hydrogens (tertiary/aromatic N) is 1. The lowest BCUT2D eigenvalue weighted by molar-refractivity contribution is 0.0911. The van der Waals surface area contributed by atoms with Crippen LogP contribution in [0.5, 0.6) is 0 Å². The molecular formula is C16H24BrN3O. The lowest BCUT2D eigenvalue weighted by Crippen LogP contribution is -2.40. The van der Waals surface area contributed by atoms with Gasteiger partial charge in [0.2, 0.25) is 0 Å². The summed E-state index contributed by atoms with van der Waals surface area (Å²) in [5.74, 6) is 1.96. The summed E-state index contributed by atoms with van der Waals surface area (Å²) >= 11 is 3.39. The van der Waals surface area contributed by atoms with Crippen molar-refractivity contribution in [1.29, 1.82) is 0 Å². The second kappa shape index (κ2) is 7.25. The Hall–Kier alpha value is -1.10. The highest BCUT2D eigenvalue weighted by molar-refractivity contribution is 9.10. The second-order valence-electron chi connectivity index (χ2n) is 6.17. The third-order valence-corrected chi connectivity index (χ3v) is 4.39. The second-order valence-corrected chi connectivity index (χ2v) is 7.08. The molecule has 2 atom stereocenters. The van der Waals surface area contributed by atoms with Gasteiger partial charge in [-0.2, -0.15) is 0 Å². The van der Waals surface area contributed by atoms with Crippen molar-refractivity contribution in [1.82, 2.24) is 10.3 Å². The average Bonchev–Trinajstić information content (AvgIpc) is 2.39. The Morgan fingerprint density at radius 3 is 2.62 bits per heavy atom. The number of pyridine rings is 1. The Bertz CT molecular complexity index is 496. The predicted molar refractivity (Wildman–Crippen MR) is 89.5 cm³/mol. The smallest absolute Gasteiger partial charge is 0.255 e. The first kappa shape index (κ1) is 16.3. The molecule has 1 aliphatic carbocycles. The van der Waals surface area contributed by atoms with E-state index in [9.17, 15) is 4.79 Å². The Kier molecular flexibility index (Phi) is 5.62. The fourth-order valence-electron chi connectivity index (χ4n) is 3.25. The Labute approximate surface area is 135 Å². The van der Waals surface area contributed by atoms with E-state index in [1.54, 1.807) is 6.20 Å². The van der Waals surface area contributed by atoms with E-state index in [0.29, 0.717) is 23.2 Å². The number of rotatable bonds is 4. The van der Waals surface area contributed by atoms with Crippen LogP contribution in [-0.2, 0) is 0 Å². The normalized spacial score (nSPS) is 25.4. The van der Waals surface area contributed by atoms with E-state index in [1.165, 1.54) is 6.42 Å². The largest absolute Gasteiger partial charge is 0.370 e. The molecule has 5 heteroatoms. The number of carbonyl (C=O) groups is 1. The van der Waals surface area contributed by atoms with E-state index in [-0.39, 0.29) is 11.9 Å². The Morgan fingerprint density at radius 2 is 2.00 bits per heavy atom. The van der Waals surface area contributed by atoms with Crippen LogP contribution >= 0.6 is 15.9 Å². The van der Waals surface area contributed by atoms with Gasteiger partial charge in [-0.3, -0.25) is 4.79 Å². The molecule has 21 heavy (non-hydrogen) atoms. The molecule has 1 aromatic heterocycles. The first-order valence-corrected chi connectivity index (χ1v) is 8.49. The molecule has 1 saturated carbocycles. The van der Waals surface area contributed by atoms with Crippen molar-refractivity contribution in [2.24, 2.45) is 11.8 Å². The summed E-state index contributed by atoms with van der Waals surface area (Å²) < 4.78 is 0.819. The molecule has 0 spiro atoms. The molecule has 0 saturated heterocycles. The third kappa shape index (κ3) is 4.43. The van der Waals surface area contributed by atoms with Crippen molar-refractivity contribution in [3.63, 3.8) is 0 Å². The van der Waals surface area contributed by atoms with Gasteiger partial charge in [0.15, 0.2) is 0 Å². The van der Waals surface area contributed by atoms with E-state index in [2.05, 4.69) is 45.4 Å². The summed E-state index contributed by atoms with van der Waals surface area (Å²) in [7, 11) is 0. The van der Waals surface area contributed by atoms with Crippen molar-refractivity contribution < 1.29 is 4.79 Å². The van der Waals surface area contributed by atoms with Crippen molar-refractivity contribution in [2.75, 3.05) is 11.9 Å². The monoisotopic (exact) mass is 353 g/mol. The zero-order valence-corrected chi connectivity index (χ0v) is 14.5. The summed E-state index contributed by atoms with van der Waals surface area (Å²) in [6, 6.07) is 2.10. The van der Waals surface area contributed by atoms with Crippen molar-refractivity contribution in [3.8, 4) is 0 Å². The highest BCUT2D eigenvalue weighted by atomic mass is 79.9. The Balaban J connectivity index is 2.10. The fraction of sp³-hybridized carbons (Fsp3) is 0.625. The minimum atomic E-state index is -0.0361. The maximum absolute atomic E-state index is 12.6. The molecular weight excluding hydrogens is 330 g/mol. The molecule has 4 nitrogen and oxygen atoms in total. The third-order valence-electron chi connectivity index (χ3n) is 3.96. The predicted octanol–water partition coefficient (Wildman–Crippen LogP) is 3.83.